The molecule has 0 saturated carbocycles. The number of ether oxygens (including phenoxy) is 1. The van der Waals surface area contributed by atoms with Crippen molar-refractivity contribution in [2.24, 2.45) is 0 Å². The SMILES string of the molecule is CNS(=O)(=O)c1ccc(Cl)c(C(=O)OCC(=O)Nc2ccc(C)cc2C)c1. The number of benzene rings is 2. The molecule has 1 amide bonds. The van der Waals surface area contributed by atoms with Gasteiger partial charge in [-0.25, -0.2) is 17.9 Å². The second kappa shape index (κ2) is 8.51. The second-order valence-corrected chi connectivity index (χ2v) is 8.09. The van der Waals surface area contributed by atoms with Crippen LogP contribution in [0.15, 0.2) is 41.3 Å². The number of esters is 1. The molecule has 144 valence electrons. The van der Waals surface area contributed by atoms with Crippen molar-refractivity contribution in [2.75, 3.05) is 19.0 Å². The van der Waals surface area contributed by atoms with Gasteiger partial charge in [-0.15, -0.1) is 0 Å². The smallest absolute Gasteiger partial charge is 0.340 e. The molecule has 0 fully saturated rings. The van der Waals surface area contributed by atoms with Crippen LogP contribution in [0.5, 0.6) is 0 Å². The van der Waals surface area contributed by atoms with Crippen molar-refractivity contribution in [1.29, 1.82) is 0 Å². The van der Waals surface area contributed by atoms with Gasteiger partial charge in [-0.1, -0.05) is 29.3 Å². The third-order valence-corrected chi connectivity index (χ3v) is 5.47. The van der Waals surface area contributed by atoms with Crippen LogP contribution in [0, 0.1) is 13.8 Å². The molecular formula is C18H19ClN2O5S. The fraction of sp³-hybridized carbons (Fsp3) is 0.222. The molecule has 2 rings (SSSR count). The molecule has 0 atom stereocenters. The minimum atomic E-state index is -3.75. The predicted octanol–water partition coefficient (Wildman–Crippen LogP) is 2.66. The number of rotatable bonds is 6. The van der Waals surface area contributed by atoms with Gasteiger partial charge in [0, 0.05) is 5.69 Å². The number of carbonyl (C=O) groups is 2. The van der Waals surface area contributed by atoms with Crippen LogP contribution in [0.4, 0.5) is 5.69 Å². The largest absolute Gasteiger partial charge is 0.452 e. The Bertz CT molecular complexity index is 989. The first kappa shape index (κ1) is 20.9. The van der Waals surface area contributed by atoms with Crippen molar-refractivity contribution in [3.05, 3.63) is 58.1 Å². The monoisotopic (exact) mass is 410 g/mol. The van der Waals surface area contributed by atoms with E-state index in [1.807, 2.05) is 26.0 Å². The Labute approximate surface area is 162 Å². The first-order valence-electron chi connectivity index (χ1n) is 7.91. The van der Waals surface area contributed by atoms with E-state index in [0.717, 1.165) is 17.2 Å². The van der Waals surface area contributed by atoms with Gasteiger partial charge in [-0.05, 0) is 50.7 Å². The molecule has 0 heterocycles. The molecule has 0 radical (unpaired) electrons. The first-order chi connectivity index (χ1) is 12.6. The van der Waals surface area contributed by atoms with Gasteiger partial charge in [0.25, 0.3) is 5.91 Å². The second-order valence-electron chi connectivity index (χ2n) is 5.79. The molecule has 7 nitrogen and oxygen atoms in total. The molecular weight excluding hydrogens is 392 g/mol. The predicted molar refractivity (Wildman–Crippen MR) is 103 cm³/mol. The summed E-state index contributed by atoms with van der Waals surface area (Å²) in [5, 5.41) is 2.67. The van der Waals surface area contributed by atoms with E-state index in [0.29, 0.717) is 5.69 Å². The summed E-state index contributed by atoms with van der Waals surface area (Å²) in [7, 11) is -2.50. The van der Waals surface area contributed by atoms with E-state index >= 15 is 0 Å². The zero-order chi connectivity index (χ0) is 20.2. The number of hydrogen-bond donors (Lipinski definition) is 2. The summed E-state index contributed by atoms with van der Waals surface area (Å²) in [6, 6.07) is 9.15. The Kier molecular flexibility index (Phi) is 6.59. The number of halogens is 1. The van der Waals surface area contributed by atoms with Crippen molar-refractivity contribution in [1.82, 2.24) is 4.72 Å². The maximum atomic E-state index is 12.2. The first-order valence-corrected chi connectivity index (χ1v) is 9.77. The quantitative estimate of drug-likeness (QED) is 0.713. The van der Waals surface area contributed by atoms with E-state index in [-0.39, 0.29) is 15.5 Å². The third-order valence-electron chi connectivity index (χ3n) is 3.73. The fourth-order valence-electron chi connectivity index (χ4n) is 2.29. The number of carbonyl (C=O) groups excluding carboxylic acids is 2. The van der Waals surface area contributed by atoms with Crippen molar-refractivity contribution in [2.45, 2.75) is 18.7 Å². The van der Waals surface area contributed by atoms with Crippen molar-refractivity contribution in [3.63, 3.8) is 0 Å². The van der Waals surface area contributed by atoms with Gasteiger partial charge in [0.15, 0.2) is 6.61 Å². The summed E-state index contributed by atoms with van der Waals surface area (Å²) >= 11 is 5.95. The molecule has 2 aromatic rings. The van der Waals surface area contributed by atoms with E-state index in [9.17, 15) is 18.0 Å². The molecule has 2 aromatic carbocycles. The molecule has 2 N–H and O–H groups in total. The van der Waals surface area contributed by atoms with Crippen molar-refractivity contribution < 1.29 is 22.7 Å². The maximum Gasteiger partial charge on any atom is 0.340 e. The molecule has 0 aromatic heterocycles. The van der Waals surface area contributed by atoms with E-state index in [4.69, 9.17) is 16.3 Å². The average Bonchev–Trinajstić information content (AvgIpc) is 2.62. The fourth-order valence-corrected chi connectivity index (χ4v) is 3.25. The Hall–Kier alpha value is -2.42. The Balaban J connectivity index is 2.07. The summed E-state index contributed by atoms with van der Waals surface area (Å²) in [5.41, 5.74) is 2.40. The van der Waals surface area contributed by atoms with Gasteiger partial charge >= 0.3 is 5.97 Å². The molecule has 0 aliphatic carbocycles. The van der Waals surface area contributed by atoms with E-state index < -0.39 is 28.5 Å². The molecule has 27 heavy (non-hydrogen) atoms. The van der Waals surface area contributed by atoms with Crippen LogP contribution in [-0.4, -0.2) is 33.9 Å². The number of amides is 1. The van der Waals surface area contributed by atoms with Gasteiger partial charge in [-0.3, -0.25) is 4.79 Å². The topological polar surface area (TPSA) is 102 Å². The van der Waals surface area contributed by atoms with Crippen LogP contribution in [0.2, 0.25) is 5.02 Å². The van der Waals surface area contributed by atoms with Crippen LogP contribution in [0.25, 0.3) is 0 Å². The van der Waals surface area contributed by atoms with Crippen LogP contribution >= 0.6 is 11.6 Å². The lowest BCUT2D eigenvalue weighted by Gasteiger charge is -2.11. The van der Waals surface area contributed by atoms with E-state index in [1.54, 1.807) is 6.07 Å². The number of anilines is 1. The summed E-state index contributed by atoms with van der Waals surface area (Å²) in [4.78, 5) is 24.1. The van der Waals surface area contributed by atoms with Gasteiger partial charge < -0.3 is 10.1 Å². The van der Waals surface area contributed by atoms with Crippen LogP contribution in [0.1, 0.15) is 21.5 Å². The molecule has 0 bridgehead atoms. The van der Waals surface area contributed by atoms with Crippen molar-refractivity contribution in [3.8, 4) is 0 Å². The van der Waals surface area contributed by atoms with Gasteiger partial charge in [-0.2, -0.15) is 0 Å². The summed E-state index contributed by atoms with van der Waals surface area (Å²) in [6.07, 6.45) is 0. The number of aryl methyl sites for hydroxylation is 2. The highest BCUT2D eigenvalue weighted by atomic mass is 35.5. The number of sulfonamides is 1. The minimum absolute atomic E-state index is 0.0184. The molecule has 9 heteroatoms. The lowest BCUT2D eigenvalue weighted by Crippen LogP contribution is -2.22. The highest BCUT2D eigenvalue weighted by Gasteiger charge is 2.19. The summed E-state index contributed by atoms with van der Waals surface area (Å²) in [5.74, 6) is -1.42. The maximum absolute atomic E-state index is 12.2. The van der Waals surface area contributed by atoms with Gasteiger partial charge in [0.2, 0.25) is 10.0 Å². The van der Waals surface area contributed by atoms with Gasteiger partial charge in [0.1, 0.15) is 0 Å². The average molecular weight is 411 g/mol. The lowest BCUT2D eigenvalue weighted by atomic mass is 10.1. The standard InChI is InChI=1S/C18H19ClN2O5S/c1-11-4-7-16(12(2)8-11)21-17(22)10-26-18(23)14-9-13(5-6-15(14)19)27(24,25)20-3/h4-9,20H,10H2,1-3H3,(H,21,22). The van der Waals surface area contributed by atoms with E-state index in [1.165, 1.54) is 19.2 Å². The highest BCUT2D eigenvalue weighted by molar-refractivity contribution is 7.89. The normalized spacial score (nSPS) is 11.1. The van der Waals surface area contributed by atoms with Crippen LogP contribution in [-0.2, 0) is 19.6 Å². The molecule has 0 spiro atoms. The molecule has 0 saturated heterocycles. The molecule has 0 unspecified atom stereocenters. The van der Waals surface area contributed by atoms with Gasteiger partial charge in [0.05, 0.1) is 15.5 Å². The van der Waals surface area contributed by atoms with Crippen molar-refractivity contribution >= 4 is 39.2 Å². The minimum Gasteiger partial charge on any atom is -0.452 e. The van der Waals surface area contributed by atoms with E-state index in [2.05, 4.69) is 10.0 Å². The zero-order valence-electron chi connectivity index (χ0n) is 15.0. The molecule has 0 aliphatic heterocycles. The Morgan fingerprint density at radius 3 is 2.44 bits per heavy atom. The summed E-state index contributed by atoms with van der Waals surface area (Å²) in [6.45, 7) is 3.25. The summed E-state index contributed by atoms with van der Waals surface area (Å²) < 4.78 is 30.8. The number of hydrogen-bond acceptors (Lipinski definition) is 5. The van der Waals surface area contributed by atoms with Crippen LogP contribution in [0.3, 0.4) is 0 Å². The lowest BCUT2D eigenvalue weighted by molar-refractivity contribution is -0.119. The Morgan fingerprint density at radius 1 is 1.11 bits per heavy atom. The number of nitrogens with one attached hydrogen (secondary N) is 2. The highest BCUT2D eigenvalue weighted by Crippen LogP contribution is 2.21. The molecule has 0 aliphatic rings. The zero-order valence-corrected chi connectivity index (χ0v) is 16.6. The van der Waals surface area contributed by atoms with Crippen LogP contribution < -0.4 is 10.0 Å². The third kappa shape index (κ3) is 5.29. The Morgan fingerprint density at radius 2 is 1.81 bits per heavy atom.